The molecule has 0 unspecified atom stereocenters. The van der Waals surface area contributed by atoms with Crippen LogP contribution in [-0.2, 0) is 20.9 Å². The highest BCUT2D eigenvalue weighted by Gasteiger charge is 2.31. The van der Waals surface area contributed by atoms with Crippen LogP contribution in [0.2, 0.25) is 0 Å². The maximum atomic E-state index is 12.9. The maximum absolute atomic E-state index is 12.9. The van der Waals surface area contributed by atoms with Gasteiger partial charge in [0.1, 0.15) is 0 Å². The Hall–Kier alpha value is -4.46. The molecule has 0 amide bonds. The summed E-state index contributed by atoms with van der Waals surface area (Å²) >= 11 is 0. The van der Waals surface area contributed by atoms with Crippen molar-refractivity contribution >= 4 is 33.2 Å². The van der Waals surface area contributed by atoms with Crippen LogP contribution in [-0.4, -0.2) is 36.8 Å². The number of nitrogens with one attached hydrogen (secondary N) is 1. The fourth-order valence-corrected chi connectivity index (χ4v) is 4.03. The Kier molecular flexibility index (Phi) is 7.29. The summed E-state index contributed by atoms with van der Waals surface area (Å²) in [7, 11) is -4.48. The molecule has 3 rings (SSSR count). The van der Waals surface area contributed by atoms with E-state index in [4.69, 9.17) is 4.74 Å². The number of hydrogen-bond donors (Lipinski definition) is 2. The second-order valence-electron chi connectivity index (χ2n) is 7.14. The molecule has 0 saturated heterocycles. The Morgan fingerprint density at radius 2 is 1.72 bits per heavy atom. The van der Waals surface area contributed by atoms with Crippen LogP contribution in [0.1, 0.15) is 26.3 Å². The van der Waals surface area contributed by atoms with Gasteiger partial charge in [0, 0.05) is 11.6 Å². The Labute approximate surface area is 201 Å². The van der Waals surface area contributed by atoms with Crippen LogP contribution in [0, 0.1) is 10.1 Å². The Bertz CT molecular complexity index is 1460. The zero-order valence-corrected chi connectivity index (χ0v) is 18.7. The third-order valence-electron chi connectivity index (χ3n) is 4.69. The quantitative estimate of drug-likeness (QED) is 0.193. The molecule has 0 spiro atoms. The van der Waals surface area contributed by atoms with Gasteiger partial charge in [0.25, 0.3) is 10.0 Å². The van der Waals surface area contributed by atoms with Crippen molar-refractivity contribution in [2.24, 2.45) is 0 Å². The van der Waals surface area contributed by atoms with Crippen molar-refractivity contribution in [3.63, 3.8) is 0 Å². The van der Waals surface area contributed by atoms with Crippen LogP contribution in [0.5, 0.6) is 5.75 Å². The minimum atomic E-state index is -4.68. The summed E-state index contributed by atoms with van der Waals surface area (Å²) in [6.07, 6.45) is -4.68. The van der Waals surface area contributed by atoms with E-state index in [-0.39, 0.29) is 16.8 Å². The Morgan fingerprint density at radius 3 is 2.39 bits per heavy atom. The molecule has 0 aromatic heterocycles. The minimum absolute atomic E-state index is 0.301. The number of rotatable bonds is 8. The van der Waals surface area contributed by atoms with Crippen molar-refractivity contribution in [3.8, 4) is 5.75 Å². The third kappa shape index (κ3) is 5.96. The van der Waals surface area contributed by atoms with E-state index < -0.39 is 61.4 Å². The predicted molar refractivity (Wildman–Crippen MR) is 118 cm³/mol. The molecule has 14 heteroatoms. The number of sulfonamides is 1. The molecule has 188 valence electrons. The molecule has 10 nitrogen and oxygen atoms in total. The van der Waals surface area contributed by atoms with Crippen LogP contribution < -0.4 is 4.72 Å². The smallest absolute Gasteiger partial charge is 0.416 e. The summed E-state index contributed by atoms with van der Waals surface area (Å²) in [4.78, 5) is 34.2. The molecule has 0 heterocycles. The number of ketones is 1. The number of ether oxygens (including phenoxy) is 1. The van der Waals surface area contributed by atoms with Crippen LogP contribution in [0.3, 0.4) is 0 Å². The minimum Gasteiger partial charge on any atom is -0.502 e. The highest BCUT2D eigenvalue weighted by atomic mass is 32.2. The number of phenolic OH excluding ortho intramolecular Hbond substituents is 1. The number of esters is 1. The number of nitrogens with zero attached hydrogens (tertiary/aromatic N) is 1. The predicted octanol–water partition coefficient (Wildman–Crippen LogP) is 4.16. The molecule has 0 saturated carbocycles. The maximum Gasteiger partial charge on any atom is 0.416 e. The number of carbonyl (C=O) groups is 2. The molecule has 0 aliphatic heterocycles. The van der Waals surface area contributed by atoms with Gasteiger partial charge in [-0.05, 0) is 36.4 Å². The molecular formula is C22H15F3N2O8S. The van der Waals surface area contributed by atoms with Crippen LogP contribution in [0.4, 0.5) is 24.5 Å². The van der Waals surface area contributed by atoms with E-state index in [0.717, 1.165) is 36.4 Å². The fraction of sp³-hybridized carbons (Fsp3) is 0.0909. The van der Waals surface area contributed by atoms with Gasteiger partial charge in [-0.2, -0.15) is 13.2 Å². The molecule has 2 N–H and O–H groups in total. The number of Topliss-reactive ketones (excluding diaryl/α,β-unsaturated/α-hetero) is 1. The van der Waals surface area contributed by atoms with E-state index in [1.54, 1.807) is 0 Å². The number of para-hydroxylation sites is 1. The number of phenols is 1. The summed E-state index contributed by atoms with van der Waals surface area (Å²) in [6, 6.07) is 10.9. The standard InChI is InChI=1S/C22H15F3N2O8S/c23-22(24,25)14-5-3-4-13(10-14)20(29)12-35-21(30)16-6-1-2-7-17(16)26-36(33,34)15-8-9-19(28)18(11-15)27(31)32/h1-11,26,28H,12H2. The summed E-state index contributed by atoms with van der Waals surface area (Å²) in [6.45, 7) is -0.925. The summed E-state index contributed by atoms with van der Waals surface area (Å²) in [5.74, 6) is -2.84. The lowest BCUT2D eigenvalue weighted by atomic mass is 10.1. The number of nitro benzene ring substituents is 1. The molecule has 3 aromatic carbocycles. The lowest BCUT2D eigenvalue weighted by molar-refractivity contribution is -0.386. The number of alkyl halides is 3. The van der Waals surface area contributed by atoms with Crippen molar-refractivity contribution in [2.75, 3.05) is 11.3 Å². The van der Waals surface area contributed by atoms with Gasteiger partial charge < -0.3 is 9.84 Å². The number of nitro groups is 1. The number of aromatic hydroxyl groups is 1. The Balaban J connectivity index is 1.78. The first-order chi connectivity index (χ1) is 16.8. The van der Waals surface area contributed by atoms with Crippen molar-refractivity contribution in [1.82, 2.24) is 0 Å². The van der Waals surface area contributed by atoms with Gasteiger partial charge in [-0.15, -0.1) is 0 Å². The van der Waals surface area contributed by atoms with Gasteiger partial charge in [-0.1, -0.05) is 24.3 Å². The first kappa shape index (κ1) is 26.2. The van der Waals surface area contributed by atoms with E-state index >= 15 is 0 Å². The van der Waals surface area contributed by atoms with Gasteiger partial charge in [0.2, 0.25) is 0 Å². The SMILES string of the molecule is O=C(COC(=O)c1ccccc1NS(=O)(=O)c1ccc(O)c([N+](=O)[O-])c1)c1cccc(C(F)(F)F)c1. The second-order valence-corrected chi connectivity index (χ2v) is 8.82. The molecule has 0 radical (unpaired) electrons. The van der Waals surface area contributed by atoms with Crippen molar-refractivity contribution in [1.29, 1.82) is 0 Å². The van der Waals surface area contributed by atoms with E-state index in [9.17, 15) is 46.4 Å². The topological polar surface area (TPSA) is 153 Å². The number of anilines is 1. The number of carbonyl (C=O) groups excluding carboxylic acids is 2. The first-order valence-electron chi connectivity index (χ1n) is 9.76. The van der Waals surface area contributed by atoms with E-state index in [0.29, 0.717) is 12.1 Å². The lowest BCUT2D eigenvalue weighted by Crippen LogP contribution is -2.19. The second kappa shape index (κ2) is 10.0. The molecule has 0 bridgehead atoms. The first-order valence-corrected chi connectivity index (χ1v) is 11.2. The van der Waals surface area contributed by atoms with Gasteiger partial charge in [-0.25, -0.2) is 13.2 Å². The number of benzene rings is 3. The summed E-state index contributed by atoms with van der Waals surface area (Å²) < 4.78 is 70.9. The Morgan fingerprint density at radius 1 is 1.03 bits per heavy atom. The molecule has 0 aliphatic carbocycles. The zero-order chi connectivity index (χ0) is 26.7. The van der Waals surface area contributed by atoms with Crippen molar-refractivity contribution in [2.45, 2.75) is 11.1 Å². The normalized spacial score (nSPS) is 11.5. The monoisotopic (exact) mass is 524 g/mol. The summed E-state index contributed by atoms with van der Waals surface area (Å²) in [5, 5.41) is 20.5. The fourth-order valence-electron chi connectivity index (χ4n) is 2.93. The molecular weight excluding hydrogens is 509 g/mol. The third-order valence-corrected chi connectivity index (χ3v) is 6.05. The van der Waals surface area contributed by atoms with Gasteiger partial charge in [0.05, 0.1) is 26.6 Å². The van der Waals surface area contributed by atoms with E-state index in [2.05, 4.69) is 4.72 Å². The van der Waals surface area contributed by atoms with E-state index in [1.807, 2.05) is 0 Å². The van der Waals surface area contributed by atoms with Crippen molar-refractivity contribution in [3.05, 3.63) is 93.5 Å². The average molecular weight is 524 g/mol. The van der Waals surface area contributed by atoms with Crippen LogP contribution >= 0.6 is 0 Å². The van der Waals surface area contributed by atoms with E-state index in [1.165, 1.54) is 18.2 Å². The number of hydrogen-bond acceptors (Lipinski definition) is 8. The summed E-state index contributed by atoms with van der Waals surface area (Å²) in [5.41, 5.74) is -2.91. The molecule has 0 atom stereocenters. The highest BCUT2D eigenvalue weighted by molar-refractivity contribution is 7.92. The molecule has 0 fully saturated rings. The van der Waals surface area contributed by atoms with Gasteiger partial charge >= 0.3 is 17.8 Å². The lowest BCUT2D eigenvalue weighted by Gasteiger charge is -2.13. The zero-order valence-electron chi connectivity index (χ0n) is 17.9. The van der Waals surface area contributed by atoms with Crippen LogP contribution in [0.15, 0.2) is 71.6 Å². The van der Waals surface area contributed by atoms with Crippen LogP contribution in [0.25, 0.3) is 0 Å². The molecule has 3 aromatic rings. The van der Waals surface area contributed by atoms with Gasteiger partial charge in [0.15, 0.2) is 18.1 Å². The highest BCUT2D eigenvalue weighted by Crippen LogP contribution is 2.31. The molecule has 0 aliphatic rings. The van der Waals surface area contributed by atoms with Crippen molar-refractivity contribution < 1.29 is 45.9 Å². The van der Waals surface area contributed by atoms with Gasteiger partial charge in [-0.3, -0.25) is 19.6 Å². The number of halogens is 3. The molecule has 36 heavy (non-hydrogen) atoms. The average Bonchev–Trinajstić information content (AvgIpc) is 2.82. The largest absolute Gasteiger partial charge is 0.502 e.